The van der Waals surface area contributed by atoms with Gasteiger partial charge in [-0.2, -0.15) is 0 Å². The minimum absolute atomic E-state index is 0.0799. The zero-order valence-corrected chi connectivity index (χ0v) is 20.6. The third kappa shape index (κ3) is 5.60. The molecule has 0 aromatic heterocycles. The Morgan fingerprint density at radius 3 is 1.59 bits per heavy atom. The maximum atomic E-state index is 13.8. The van der Waals surface area contributed by atoms with Crippen molar-refractivity contribution in [2.75, 3.05) is 0 Å². The summed E-state index contributed by atoms with van der Waals surface area (Å²) in [5.41, 5.74) is 2.36. The minimum Gasteiger partial charge on any atom is -0.403 e. The maximum Gasteiger partial charge on any atom is 0.466 e. The average molecular weight is 455 g/mol. The van der Waals surface area contributed by atoms with Gasteiger partial charge in [0.05, 0.1) is 11.2 Å². The Morgan fingerprint density at radius 1 is 0.735 bits per heavy atom. The van der Waals surface area contributed by atoms with E-state index < -0.39 is 18.3 Å². The van der Waals surface area contributed by atoms with Crippen LogP contribution in [-0.2, 0) is 27.2 Å². The first-order valence-electron chi connectivity index (χ1n) is 12.0. The van der Waals surface area contributed by atoms with Crippen LogP contribution in [0.25, 0.3) is 0 Å². The number of hydrogen-bond acceptors (Lipinski definition) is 3. The van der Waals surface area contributed by atoms with Crippen molar-refractivity contribution in [2.24, 2.45) is 0 Å². The normalized spacial score (nSPS) is 17.4. The lowest BCUT2D eigenvalue weighted by molar-refractivity contribution is -0.132. The van der Waals surface area contributed by atoms with Gasteiger partial charge in [-0.05, 0) is 44.4 Å². The molecule has 0 radical (unpaired) electrons. The first kappa shape index (κ1) is 24.2. The molecule has 4 rings (SSSR count). The van der Waals surface area contributed by atoms with E-state index in [2.05, 4.69) is 36.4 Å². The van der Waals surface area contributed by atoms with Crippen molar-refractivity contribution in [3.8, 4) is 0 Å². The molecule has 34 heavy (non-hydrogen) atoms. The van der Waals surface area contributed by atoms with Gasteiger partial charge in [0.15, 0.2) is 0 Å². The quantitative estimate of drug-likeness (QED) is 0.390. The van der Waals surface area contributed by atoms with E-state index >= 15 is 0 Å². The fourth-order valence-corrected chi connectivity index (χ4v) is 4.28. The van der Waals surface area contributed by atoms with Crippen molar-refractivity contribution < 1.29 is 14.1 Å². The topological polar surface area (TPSA) is 38.8 Å². The Kier molecular flexibility index (Phi) is 7.25. The summed E-state index contributed by atoms with van der Waals surface area (Å²) >= 11 is 0. The minimum atomic E-state index is -0.494. The van der Waals surface area contributed by atoms with E-state index in [0.29, 0.717) is 19.5 Å². The smallest absolute Gasteiger partial charge is 0.403 e. The third-order valence-electron chi connectivity index (χ3n) is 7.01. The summed E-state index contributed by atoms with van der Waals surface area (Å²) < 4.78 is 12.8. The molecule has 3 aromatic rings. The molecule has 1 aliphatic rings. The van der Waals surface area contributed by atoms with Crippen LogP contribution in [0.2, 0.25) is 0 Å². The first-order chi connectivity index (χ1) is 16.2. The van der Waals surface area contributed by atoms with Crippen LogP contribution in [0.5, 0.6) is 0 Å². The van der Waals surface area contributed by atoms with E-state index in [1.165, 1.54) is 0 Å². The number of carbonyl (C=O) groups excluding carboxylic acids is 1. The van der Waals surface area contributed by atoms with Gasteiger partial charge in [-0.3, -0.25) is 4.79 Å². The number of nitrogens with zero attached hydrogens (tertiary/aromatic N) is 1. The van der Waals surface area contributed by atoms with Crippen molar-refractivity contribution in [2.45, 2.75) is 64.2 Å². The summed E-state index contributed by atoms with van der Waals surface area (Å²) in [6.07, 6.45) is 0.306. The summed E-state index contributed by atoms with van der Waals surface area (Å²) in [4.78, 5) is 15.8. The molecule has 1 saturated heterocycles. The van der Waals surface area contributed by atoms with Crippen molar-refractivity contribution in [1.82, 2.24) is 4.90 Å². The number of carbonyl (C=O) groups is 1. The molecular weight excluding hydrogens is 421 g/mol. The SMILES string of the molecule is CC1(C)OB(C(CC(=O)N(Cc2ccccc2)Cc2ccccc2)c2ccccc2)OC1(C)C. The van der Waals surface area contributed by atoms with Gasteiger partial charge in [0.25, 0.3) is 0 Å². The summed E-state index contributed by atoms with van der Waals surface area (Å²) in [5, 5.41) is 0. The highest BCUT2D eigenvalue weighted by Crippen LogP contribution is 2.42. The second kappa shape index (κ2) is 10.2. The lowest BCUT2D eigenvalue weighted by Crippen LogP contribution is -2.41. The zero-order valence-electron chi connectivity index (χ0n) is 20.6. The van der Waals surface area contributed by atoms with Crippen LogP contribution in [0.4, 0.5) is 0 Å². The van der Waals surface area contributed by atoms with Crippen LogP contribution in [-0.4, -0.2) is 29.1 Å². The summed E-state index contributed by atoms with van der Waals surface area (Å²) in [7, 11) is -0.494. The molecule has 0 saturated carbocycles. The van der Waals surface area contributed by atoms with Crippen LogP contribution in [0.15, 0.2) is 91.0 Å². The number of amides is 1. The molecule has 3 aromatic carbocycles. The van der Waals surface area contributed by atoms with Gasteiger partial charge in [0, 0.05) is 25.3 Å². The van der Waals surface area contributed by atoms with Crippen molar-refractivity contribution >= 4 is 13.0 Å². The average Bonchev–Trinajstić information content (AvgIpc) is 3.05. The largest absolute Gasteiger partial charge is 0.466 e. The fraction of sp³-hybridized carbons (Fsp3) is 0.345. The monoisotopic (exact) mass is 455 g/mol. The molecule has 1 fully saturated rings. The van der Waals surface area contributed by atoms with E-state index in [4.69, 9.17) is 9.31 Å². The molecule has 176 valence electrons. The van der Waals surface area contributed by atoms with E-state index in [1.807, 2.05) is 87.2 Å². The van der Waals surface area contributed by atoms with Crippen molar-refractivity contribution in [1.29, 1.82) is 0 Å². The van der Waals surface area contributed by atoms with Gasteiger partial charge in [-0.15, -0.1) is 0 Å². The van der Waals surface area contributed by atoms with Crippen molar-refractivity contribution in [3.05, 3.63) is 108 Å². The van der Waals surface area contributed by atoms with Crippen LogP contribution in [0.3, 0.4) is 0 Å². The fourth-order valence-electron chi connectivity index (χ4n) is 4.28. The number of rotatable bonds is 8. The molecule has 5 heteroatoms. The highest BCUT2D eigenvalue weighted by Gasteiger charge is 2.54. The Balaban J connectivity index is 1.60. The molecule has 1 amide bonds. The second-order valence-electron chi connectivity index (χ2n) is 10.1. The highest BCUT2D eigenvalue weighted by atomic mass is 16.7. The standard InChI is InChI=1S/C29H34BNO3/c1-28(2)29(3,4)34-30(33-28)26(25-18-12-7-13-19-25)20-27(32)31(21-23-14-8-5-9-15-23)22-24-16-10-6-11-17-24/h5-19,26H,20-22H2,1-4H3. The molecule has 4 nitrogen and oxygen atoms in total. The molecule has 1 heterocycles. The lowest BCUT2D eigenvalue weighted by Gasteiger charge is -2.32. The molecule has 1 atom stereocenters. The first-order valence-corrected chi connectivity index (χ1v) is 12.0. The molecule has 0 bridgehead atoms. The van der Waals surface area contributed by atoms with E-state index in [0.717, 1.165) is 16.7 Å². The van der Waals surface area contributed by atoms with Crippen LogP contribution in [0.1, 0.15) is 56.6 Å². The molecular formula is C29H34BNO3. The van der Waals surface area contributed by atoms with Crippen molar-refractivity contribution in [3.63, 3.8) is 0 Å². The number of hydrogen-bond donors (Lipinski definition) is 0. The van der Waals surface area contributed by atoms with Gasteiger partial charge in [0.2, 0.25) is 5.91 Å². The van der Waals surface area contributed by atoms with Crippen LogP contribution in [0, 0.1) is 0 Å². The Bertz CT molecular complexity index is 1010. The molecule has 0 spiro atoms. The summed E-state index contributed by atoms with van der Waals surface area (Å²) in [5.74, 6) is -0.125. The Morgan fingerprint density at radius 2 is 1.15 bits per heavy atom. The van der Waals surface area contributed by atoms with E-state index in [9.17, 15) is 4.79 Å². The number of benzene rings is 3. The van der Waals surface area contributed by atoms with Gasteiger partial charge in [-0.1, -0.05) is 91.0 Å². The van der Waals surface area contributed by atoms with Gasteiger partial charge in [-0.25, -0.2) is 0 Å². The predicted molar refractivity (Wildman–Crippen MR) is 137 cm³/mol. The second-order valence-corrected chi connectivity index (χ2v) is 10.1. The maximum absolute atomic E-state index is 13.8. The Labute approximate surface area is 204 Å². The zero-order chi connectivity index (χ0) is 24.2. The molecule has 1 unspecified atom stereocenters. The lowest BCUT2D eigenvalue weighted by atomic mass is 9.66. The molecule has 1 aliphatic heterocycles. The Hall–Kier alpha value is -2.89. The third-order valence-corrected chi connectivity index (χ3v) is 7.01. The summed E-state index contributed by atoms with van der Waals surface area (Å²) in [6.45, 7) is 9.31. The van der Waals surface area contributed by atoms with Gasteiger partial charge in [0.1, 0.15) is 0 Å². The van der Waals surface area contributed by atoms with E-state index in [1.54, 1.807) is 0 Å². The van der Waals surface area contributed by atoms with Crippen LogP contribution < -0.4 is 0 Å². The van der Waals surface area contributed by atoms with Gasteiger partial charge < -0.3 is 14.2 Å². The van der Waals surface area contributed by atoms with Gasteiger partial charge >= 0.3 is 7.12 Å². The van der Waals surface area contributed by atoms with E-state index in [-0.39, 0.29) is 11.7 Å². The van der Waals surface area contributed by atoms with Crippen LogP contribution >= 0.6 is 0 Å². The highest BCUT2D eigenvalue weighted by molar-refractivity contribution is 6.48. The molecule has 0 aliphatic carbocycles. The molecule has 0 N–H and O–H groups in total. The summed E-state index contributed by atoms with van der Waals surface area (Å²) in [6, 6.07) is 30.4. The predicted octanol–water partition coefficient (Wildman–Crippen LogP) is 6.02.